The van der Waals surface area contributed by atoms with E-state index in [0.717, 1.165) is 11.1 Å². The van der Waals surface area contributed by atoms with Crippen LogP contribution in [-0.4, -0.2) is 6.61 Å². The predicted octanol–water partition coefficient (Wildman–Crippen LogP) is 3.63. The molecule has 1 heterocycles. The minimum absolute atomic E-state index is 0.372. The molecule has 0 fully saturated rings. The lowest BCUT2D eigenvalue weighted by Crippen LogP contribution is -2.06. The molecule has 0 spiro atoms. The summed E-state index contributed by atoms with van der Waals surface area (Å²) >= 11 is 5.97. The molecular formula is C10H8ClO3P. The second-order valence-electron chi connectivity index (χ2n) is 3.14. The number of fused-ring (bicyclic) bond motifs is 1. The summed E-state index contributed by atoms with van der Waals surface area (Å²) in [6.07, 6.45) is 0. The summed E-state index contributed by atoms with van der Waals surface area (Å²) in [5, 5.41) is 0.707. The van der Waals surface area contributed by atoms with Crippen LogP contribution in [0.1, 0.15) is 12.5 Å². The van der Waals surface area contributed by atoms with Crippen molar-refractivity contribution in [2.45, 2.75) is 6.92 Å². The van der Waals surface area contributed by atoms with Crippen LogP contribution in [-0.2, 0) is 4.57 Å². The second-order valence-corrected chi connectivity index (χ2v) is 3.93. The van der Waals surface area contributed by atoms with Gasteiger partial charge in [-0.2, -0.15) is 0 Å². The molecule has 78 valence electrons. The van der Waals surface area contributed by atoms with Gasteiger partial charge in [-0.25, -0.2) is 4.57 Å². The van der Waals surface area contributed by atoms with Gasteiger partial charge in [0.2, 0.25) is 0 Å². The van der Waals surface area contributed by atoms with Gasteiger partial charge in [-0.05, 0) is 24.6 Å². The molecular weight excluding hydrogens is 235 g/mol. The summed E-state index contributed by atoms with van der Waals surface area (Å²) < 4.78 is 20.5. The lowest BCUT2D eigenvalue weighted by Gasteiger charge is -2.19. The van der Waals surface area contributed by atoms with E-state index in [1.165, 1.54) is 0 Å². The van der Waals surface area contributed by atoms with E-state index in [1.54, 1.807) is 12.1 Å². The summed E-state index contributed by atoms with van der Waals surface area (Å²) in [5.41, 5.74) is 1.95. The minimum atomic E-state index is -0.372. The van der Waals surface area contributed by atoms with Crippen molar-refractivity contribution < 1.29 is 13.8 Å². The number of allylic oxidation sites excluding steroid dienone is 1. The van der Waals surface area contributed by atoms with Gasteiger partial charge >= 0.3 is 8.69 Å². The molecule has 0 N–H and O–H groups in total. The molecule has 0 radical (unpaired) electrons. The van der Waals surface area contributed by atoms with Crippen molar-refractivity contribution in [2.75, 3.05) is 6.61 Å². The van der Waals surface area contributed by atoms with Crippen LogP contribution in [0.3, 0.4) is 0 Å². The number of ether oxygens (including phenoxy) is 1. The topological polar surface area (TPSA) is 35.5 Å². The van der Waals surface area contributed by atoms with Crippen LogP contribution in [0.5, 0.6) is 11.5 Å². The first-order valence-electron chi connectivity index (χ1n) is 4.34. The Morgan fingerprint density at radius 1 is 1.53 bits per heavy atom. The third-order valence-electron chi connectivity index (χ3n) is 2.26. The Hall–Kier alpha value is -1.05. The van der Waals surface area contributed by atoms with Crippen LogP contribution >= 0.6 is 20.3 Å². The summed E-state index contributed by atoms with van der Waals surface area (Å²) in [6, 6.07) is 5.27. The number of benzene rings is 1. The van der Waals surface area contributed by atoms with Crippen molar-refractivity contribution in [2.24, 2.45) is 0 Å². The molecule has 5 heteroatoms. The molecule has 15 heavy (non-hydrogen) atoms. The van der Waals surface area contributed by atoms with Crippen molar-refractivity contribution in [1.82, 2.24) is 0 Å². The van der Waals surface area contributed by atoms with Crippen LogP contribution < -0.4 is 9.26 Å². The molecule has 0 amide bonds. The zero-order valence-electron chi connectivity index (χ0n) is 7.99. The number of hydrogen-bond acceptors (Lipinski definition) is 3. The molecule has 3 nitrogen and oxygen atoms in total. The van der Waals surface area contributed by atoms with E-state index in [9.17, 15) is 4.57 Å². The van der Waals surface area contributed by atoms with Crippen molar-refractivity contribution >= 4 is 25.9 Å². The van der Waals surface area contributed by atoms with Crippen LogP contribution in [0.4, 0.5) is 0 Å². The highest BCUT2D eigenvalue weighted by Gasteiger charge is 2.16. The fourth-order valence-electron chi connectivity index (χ4n) is 1.43. The third kappa shape index (κ3) is 1.99. The van der Waals surface area contributed by atoms with Crippen LogP contribution in [0.15, 0.2) is 23.2 Å². The molecule has 1 aliphatic heterocycles. The van der Waals surface area contributed by atoms with E-state index in [-0.39, 0.29) is 8.69 Å². The largest absolute Gasteiger partial charge is 0.487 e. The zero-order valence-corrected chi connectivity index (χ0v) is 9.64. The van der Waals surface area contributed by atoms with E-state index in [2.05, 4.69) is 0 Å². The van der Waals surface area contributed by atoms with Crippen molar-refractivity contribution in [1.29, 1.82) is 0 Å². The van der Waals surface area contributed by atoms with Crippen LogP contribution in [0, 0.1) is 0 Å². The predicted molar refractivity (Wildman–Crippen MR) is 58.6 cm³/mol. The quantitative estimate of drug-likeness (QED) is 0.743. The van der Waals surface area contributed by atoms with Gasteiger partial charge in [-0.1, -0.05) is 11.6 Å². The first kappa shape index (κ1) is 10.5. The Balaban J connectivity index is 2.44. The second kappa shape index (κ2) is 4.21. The summed E-state index contributed by atoms with van der Waals surface area (Å²) in [7, 11) is -0.372. The third-order valence-corrected chi connectivity index (χ3v) is 2.94. The Bertz CT molecular complexity index is 442. The number of hydrogen-bond donors (Lipinski definition) is 0. The molecule has 1 aromatic rings. The van der Waals surface area contributed by atoms with Crippen molar-refractivity contribution in [3.05, 3.63) is 28.8 Å². The van der Waals surface area contributed by atoms with Gasteiger partial charge in [-0.15, -0.1) is 0 Å². The Morgan fingerprint density at radius 2 is 2.33 bits per heavy atom. The smallest absolute Gasteiger partial charge is 0.395 e. The van der Waals surface area contributed by atoms with E-state index in [1.807, 2.05) is 13.0 Å². The lowest BCUT2D eigenvalue weighted by atomic mass is 10.0. The molecule has 0 unspecified atom stereocenters. The highest BCUT2D eigenvalue weighted by molar-refractivity contribution is 7.17. The summed E-state index contributed by atoms with van der Waals surface area (Å²) in [4.78, 5) is 0. The van der Waals surface area contributed by atoms with E-state index >= 15 is 0 Å². The maximum absolute atomic E-state index is 10.3. The van der Waals surface area contributed by atoms with Gasteiger partial charge in [0.15, 0.2) is 0 Å². The molecule has 0 atom stereocenters. The normalized spacial score (nSPS) is 14.8. The maximum atomic E-state index is 10.3. The summed E-state index contributed by atoms with van der Waals surface area (Å²) in [6.45, 7) is 2.31. The van der Waals surface area contributed by atoms with Gasteiger partial charge in [0.25, 0.3) is 0 Å². The van der Waals surface area contributed by atoms with E-state index in [4.69, 9.17) is 20.9 Å². The van der Waals surface area contributed by atoms with Crippen molar-refractivity contribution in [3.8, 4) is 11.5 Å². The van der Waals surface area contributed by atoms with Gasteiger partial charge in [-0.3, -0.25) is 0 Å². The zero-order chi connectivity index (χ0) is 10.8. The minimum Gasteiger partial charge on any atom is -0.487 e. The molecule has 0 bridgehead atoms. The molecule has 1 aromatic carbocycles. The summed E-state index contributed by atoms with van der Waals surface area (Å²) in [5.74, 6) is 1.22. The molecule has 2 rings (SSSR count). The molecule has 1 aliphatic rings. The van der Waals surface area contributed by atoms with E-state index in [0.29, 0.717) is 23.1 Å². The average molecular weight is 243 g/mol. The maximum Gasteiger partial charge on any atom is 0.395 e. The average Bonchev–Trinajstić information content (AvgIpc) is 2.24. The molecule has 0 aliphatic carbocycles. The fourth-order valence-corrected chi connectivity index (χ4v) is 1.78. The van der Waals surface area contributed by atoms with Gasteiger partial charge in [0.1, 0.15) is 18.1 Å². The standard InChI is InChI=1S/C10H8ClO3P/c1-6-8-3-2-7(14-15-12)4-10(8)13-5-9(6)11/h2-4H,5H2,1H3. The first-order chi connectivity index (χ1) is 7.22. The van der Waals surface area contributed by atoms with Gasteiger partial charge < -0.3 is 9.26 Å². The fraction of sp³-hybridized carbons (Fsp3) is 0.200. The SMILES string of the molecule is CC1=C(Cl)COc2cc(OP=O)ccc21. The van der Waals surface area contributed by atoms with Crippen LogP contribution in [0.2, 0.25) is 0 Å². The Morgan fingerprint density at radius 3 is 3.07 bits per heavy atom. The monoisotopic (exact) mass is 242 g/mol. The Labute approximate surface area is 93.9 Å². The Kier molecular flexibility index (Phi) is 2.94. The molecule has 0 aromatic heterocycles. The van der Waals surface area contributed by atoms with Gasteiger partial charge in [0, 0.05) is 11.6 Å². The van der Waals surface area contributed by atoms with Crippen LogP contribution in [0.25, 0.3) is 5.57 Å². The van der Waals surface area contributed by atoms with E-state index < -0.39 is 0 Å². The van der Waals surface area contributed by atoms with Crippen molar-refractivity contribution in [3.63, 3.8) is 0 Å². The molecule has 0 saturated heterocycles. The first-order valence-corrected chi connectivity index (χ1v) is 5.45. The highest BCUT2D eigenvalue weighted by Crippen LogP contribution is 2.36. The lowest BCUT2D eigenvalue weighted by molar-refractivity contribution is 0.352. The molecule has 0 saturated carbocycles. The highest BCUT2D eigenvalue weighted by atomic mass is 35.5. The number of halogens is 1. The van der Waals surface area contributed by atoms with Gasteiger partial charge in [0.05, 0.1) is 5.03 Å². The number of rotatable bonds is 2.